The molecule has 0 unspecified atom stereocenters. The maximum atomic E-state index is 14.0. The fourth-order valence-electron chi connectivity index (χ4n) is 6.55. The molecule has 11 atom stereocenters. The van der Waals surface area contributed by atoms with Gasteiger partial charge in [-0.2, -0.15) is 0 Å². The van der Waals surface area contributed by atoms with Crippen molar-refractivity contribution >= 4 is 29.5 Å². The lowest BCUT2D eigenvalue weighted by Crippen LogP contribution is -2.60. The van der Waals surface area contributed by atoms with E-state index in [1.54, 1.807) is 27.7 Å². The molecule has 2 heterocycles. The zero-order valence-corrected chi connectivity index (χ0v) is 30.0. The van der Waals surface area contributed by atoms with E-state index in [0.717, 1.165) is 0 Å². The van der Waals surface area contributed by atoms with Crippen LogP contribution >= 0.6 is 0 Å². The summed E-state index contributed by atoms with van der Waals surface area (Å²) in [5.41, 5.74) is -3.18. The van der Waals surface area contributed by atoms with Crippen LogP contribution in [-0.4, -0.2) is 115 Å². The molecule has 47 heavy (non-hydrogen) atoms. The van der Waals surface area contributed by atoms with Gasteiger partial charge in [0.25, 0.3) is 0 Å². The van der Waals surface area contributed by atoms with E-state index in [1.165, 1.54) is 40.9 Å². The van der Waals surface area contributed by atoms with Crippen LogP contribution in [0.25, 0.3) is 0 Å². The van der Waals surface area contributed by atoms with Crippen LogP contribution in [0.2, 0.25) is 0 Å². The number of likely N-dealkylation sites (N-methyl/N-ethyl adjacent to an activating group) is 1. The molecule has 0 aromatic rings. The van der Waals surface area contributed by atoms with E-state index >= 15 is 0 Å². The number of Topliss-reactive ketones (excluding diaryl/α,β-unsaturated/α-hetero) is 2. The minimum absolute atomic E-state index is 0.00513. The standard InChI is InChI=1S/C34H55NO12/c1-13-26-33(8,41)16-24(17-43-22(6)36)27(38)18(2)15-34(9,42-12)30(20(4)28(39)21(5)31(40)46-26)47-32-29(45-23(7)37)25(35(10)11)14-19(3)44-32/h16,18-21,25-26,29-30,32,41H,13-15,17H2,1-12H3/t18-,19-,20+,21-,25+,26-,29-,30-,32+,33+,34+/m1/s1. The summed E-state index contributed by atoms with van der Waals surface area (Å²) in [5.74, 6) is -6.07. The molecule has 1 fully saturated rings. The number of cyclic esters (lactones) is 1. The van der Waals surface area contributed by atoms with Crippen molar-refractivity contribution in [2.45, 2.75) is 130 Å². The number of hydrogen-bond acceptors (Lipinski definition) is 13. The van der Waals surface area contributed by atoms with E-state index in [-0.39, 0.29) is 30.6 Å². The van der Waals surface area contributed by atoms with Crippen molar-refractivity contribution in [3.63, 3.8) is 0 Å². The maximum absolute atomic E-state index is 14.0. The maximum Gasteiger partial charge on any atom is 0.316 e. The average molecular weight is 670 g/mol. The van der Waals surface area contributed by atoms with Crippen molar-refractivity contribution in [1.29, 1.82) is 0 Å². The summed E-state index contributed by atoms with van der Waals surface area (Å²) >= 11 is 0. The Kier molecular flexibility index (Phi) is 14.3. The van der Waals surface area contributed by atoms with Crippen LogP contribution in [0.4, 0.5) is 0 Å². The molecule has 0 amide bonds. The van der Waals surface area contributed by atoms with Crippen LogP contribution < -0.4 is 0 Å². The second kappa shape index (κ2) is 16.6. The quantitative estimate of drug-likeness (QED) is 0.228. The van der Waals surface area contributed by atoms with E-state index in [4.69, 9.17) is 28.4 Å². The number of carbonyl (C=O) groups excluding carboxylic acids is 5. The molecule has 0 saturated carbocycles. The van der Waals surface area contributed by atoms with Gasteiger partial charge in [0.05, 0.1) is 23.9 Å². The summed E-state index contributed by atoms with van der Waals surface area (Å²) in [7, 11) is 5.13. The van der Waals surface area contributed by atoms with Crippen molar-refractivity contribution in [2.24, 2.45) is 17.8 Å². The fourth-order valence-corrected chi connectivity index (χ4v) is 6.55. The zero-order valence-electron chi connectivity index (χ0n) is 30.0. The molecule has 13 nitrogen and oxygen atoms in total. The van der Waals surface area contributed by atoms with Gasteiger partial charge in [0.2, 0.25) is 0 Å². The number of ketones is 2. The average Bonchev–Trinajstić information content (AvgIpc) is 2.98. The van der Waals surface area contributed by atoms with Gasteiger partial charge in [0.1, 0.15) is 24.2 Å². The smallest absolute Gasteiger partial charge is 0.316 e. The number of ether oxygens (including phenoxy) is 6. The first-order chi connectivity index (χ1) is 21.7. The summed E-state index contributed by atoms with van der Waals surface area (Å²) in [5, 5.41) is 11.4. The Morgan fingerprint density at radius 1 is 1.06 bits per heavy atom. The van der Waals surface area contributed by atoms with E-state index in [9.17, 15) is 29.1 Å². The Morgan fingerprint density at radius 3 is 2.19 bits per heavy atom. The van der Waals surface area contributed by atoms with Gasteiger partial charge in [-0.1, -0.05) is 20.8 Å². The van der Waals surface area contributed by atoms with Gasteiger partial charge in [-0.05, 0) is 67.1 Å². The summed E-state index contributed by atoms with van der Waals surface area (Å²) in [6, 6.07) is -0.284. The minimum atomic E-state index is -1.84. The summed E-state index contributed by atoms with van der Waals surface area (Å²) in [6.07, 6.45) is -2.59. The highest BCUT2D eigenvalue weighted by Crippen LogP contribution is 2.38. The number of esters is 3. The molecule has 0 radical (unpaired) electrons. The SMILES string of the molecule is CC[C@H]1OC(=O)[C@H](C)C(=O)[C@H](C)[C@@H](O[C@@H]2O[C@H](C)C[C@H](N(C)C)[C@H]2OC(C)=O)[C@@](C)(OC)C[C@@H](C)C(=O)C(COC(C)=O)=C[C@]1(C)O. The molecule has 0 bridgehead atoms. The Balaban J connectivity index is 2.74. The van der Waals surface area contributed by atoms with E-state index in [2.05, 4.69) is 0 Å². The highest BCUT2D eigenvalue weighted by Gasteiger charge is 2.51. The van der Waals surface area contributed by atoms with Crippen LogP contribution in [0.1, 0.15) is 81.6 Å². The molecule has 268 valence electrons. The van der Waals surface area contributed by atoms with Gasteiger partial charge < -0.3 is 38.4 Å². The molecule has 0 aromatic heterocycles. The Labute approximate surface area is 278 Å². The molecule has 0 aliphatic carbocycles. The second-order valence-electron chi connectivity index (χ2n) is 13.6. The van der Waals surface area contributed by atoms with Gasteiger partial charge in [-0.3, -0.25) is 24.0 Å². The number of aliphatic hydroxyl groups is 1. The number of hydrogen-bond donors (Lipinski definition) is 1. The summed E-state index contributed by atoms with van der Waals surface area (Å²) in [6.45, 7) is 13.4. The lowest BCUT2D eigenvalue weighted by atomic mass is 9.76. The summed E-state index contributed by atoms with van der Waals surface area (Å²) in [4.78, 5) is 67.3. The summed E-state index contributed by atoms with van der Waals surface area (Å²) < 4.78 is 35.4. The molecule has 1 saturated heterocycles. The monoisotopic (exact) mass is 669 g/mol. The van der Waals surface area contributed by atoms with Crippen molar-refractivity contribution < 1.29 is 57.5 Å². The highest BCUT2D eigenvalue weighted by atomic mass is 16.7. The Bertz CT molecular complexity index is 1180. The molecule has 2 aliphatic heterocycles. The third kappa shape index (κ3) is 10.1. The van der Waals surface area contributed by atoms with Crippen molar-refractivity contribution in [3.05, 3.63) is 11.6 Å². The third-order valence-corrected chi connectivity index (χ3v) is 9.24. The molecule has 13 heteroatoms. The first kappa shape index (κ1) is 40.5. The normalized spacial score (nSPS) is 37.9. The van der Waals surface area contributed by atoms with Gasteiger partial charge in [-0.15, -0.1) is 0 Å². The third-order valence-electron chi connectivity index (χ3n) is 9.24. The minimum Gasteiger partial charge on any atom is -0.461 e. The number of nitrogens with zero attached hydrogens (tertiary/aromatic N) is 1. The van der Waals surface area contributed by atoms with E-state index in [0.29, 0.717) is 6.42 Å². The lowest BCUT2D eigenvalue weighted by Gasteiger charge is -2.47. The van der Waals surface area contributed by atoms with Crippen LogP contribution in [0.5, 0.6) is 0 Å². The Morgan fingerprint density at radius 2 is 1.68 bits per heavy atom. The number of methoxy groups -OCH3 is 1. The van der Waals surface area contributed by atoms with Crippen LogP contribution in [0.15, 0.2) is 11.6 Å². The van der Waals surface area contributed by atoms with Gasteiger partial charge in [0.15, 0.2) is 24.0 Å². The fraction of sp³-hybridized carbons (Fsp3) is 0.794. The predicted molar refractivity (Wildman–Crippen MR) is 170 cm³/mol. The van der Waals surface area contributed by atoms with E-state index in [1.807, 2.05) is 25.9 Å². The molecule has 0 aromatic carbocycles. The van der Waals surface area contributed by atoms with Gasteiger partial charge >= 0.3 is 17.9 Å². The number of carbonyl (C=O) groups is 5. The van der Waals surface area contributed by atoms with E-state index < -0.39 is 89.6 Å². The molecule has 2 aliphatic rings. The van der Waals surface area contributed by atoms with Gasteiger partial charge in [-0.25, -0.2) is 0 Å². The molecular formula is C34H55NO12. The second-order valence-corrected chi connectivity index (χ2v) is 13.6. The van der Waals surface area contributed by atoms with Crippen LogP contribution in [-0.2, 0) is 52.4 Å². The first-order valence-corrected chi connectivity index (χ1v) is 16.2. The van der Waals surface area contributed by atoms with Crippen molar-refractivity contribution in [3.8, 4) is 0 Å². The highest BCUT2D eigenvalue weighted by molar-refractivity contribution is 6.00. The van der Waals surface area contributed by atoms with Crippen molar-refractivity contribution in [2.75, 3.05) is 27.8 Å². The number of rotatable bonds is 8. The first-order valence-electron chi connectivity index (χ1n) is 16.2. The lowest BCUT2D eigenvalue weighted by molar-refractivity contribution is -0.297. The molecule has 1 N–H and O–H groups in total. The van der Waals surface area contributed by atoms with Crippen LogP contribution in [0, 0.1) is 17.8 Å². The zero-order chi connectivity index (χ0) is 36.0. The molecule has 2 rings (SSSR count). The Hall–Kier alpha value is -2.71. The topological polar surface area (TPSA) is 164 Å². The predicted octanol–water partition coefficient (Wildman–Crippen LogP) is 2.79. The molecule has 0 spiro atoms. The van der Waals surface area contributed by atoms with Gasteiger partial charge in [0, 0.05) is 38.4 Å². The largest absolute Gasteiger partial charge is 0.461 e. The van der Waals surface area contributed by atoms with Crippen LogP contribution in [0.3, 0.4) is 0 Å². The molecular weight excluding hydrogens is 614 g/mol. The van der Waals surface area contributed by atoms with Crippen molar-refractivity contribution in [1.82, 2.24) is 4.90 Å².